The number of fused-ring (bicyclic) bond motifs is 3. The number of piperazine rings is 1. The molecule has 3 aliphatic rings. The molecule has 164 valence electrons. The molecule has 0 saturated carbocycles. The summed E-state index contributed by atoms with van der Waals surface area (Å²) in [7, 11) is 0. The van der Waals surface area contributed by atoms with Crippen molar-refractivity contribution >= 4 is 5.91 Å². The van der Waals surface area contributed by atoms with Crippen LogP contribution in [0.15, 0.2) is 18.2 Å². The second-order valence-electron chi connectivity index (χ2n) is 9.15. The SMILES string of the molecule is CCCCN(CC#N)C(=O)[C@@H](N)CN1C[C@@H]2CC1CN2[C@@H]1CCc2cc(C#N)ccc21. The van der Waals surface area contributed by atoms with Crippen LogP contribution in [-0.2, 0) is 11.2 Å². The molecule has 2 aliphatic heterocycles. The molecule has 2 bridgehead atoms. The Labute approximate surface area is 185 Å². The molecular formula is C24H32N6O. The number of rotatable bonds is 8. The zero-order chi connectivity index (χ0) is 22.0. The highest BCUT2D eigenvalue weighted by Gasteiger charge is 2.47. The van der Waals surface area contributed by atoms with E-state index in [1.165, 1.54) is 11.1 Å². The maximum atomic E-state index is 12.8. The molecule has 2 fully saturated rings. The normalized spacial score (nSPS) is 25.7. The Hall–Kier alpha value is -2.45. The highest BCUT2D eigenvalue weighted by molar-refractivity contribution is 5.82. The second kappa shape index (κ2) is 9.36. The Morgan fingerprint density at radius 1 is 1.32 bits per heavy atom. The van der Waals surface area contributed by atoms with E-state index >= 15 is 0 Å². The van der Waals surface area contributed by atoms with Gasteiger partial charge in [-0.15, -0.1) is 0 Å². The van der Waals surface area contributed by atoms with Gasteiger partial charge in [-0.3, -0.25) is 14.6 Å². The summed E-state index contributed by atoms with van der Waals surface area (Å²) in [5.74, 6) is -0.104. The van der Waals surface area contributed by atoms with Crippen molar-refractivity contribution in [3.63, 3.8) is 0 Å². The number of carbonyl (C=O) groups is 1. The van der Waals surface area contributed by atoms with Crippen LogP contribution >= 0.6 is 0 Å². The molecule has 1 amide bonds. The minimum absolute atomic E-state index is 0.104. The fraction of sp³-hybridized carbons (Fsp3) is 0.625. The number of hydrogen-bond donors (Lipinski definition) is 1. The molecule has 1 aromatic carbocycles. The zero-order valence-electron chi connectivity index (χ0n) is 18.3. The number of hydrogen-bond acceptors (Lipinski definition) is 6. The van der Waals surface area contributed by atoms with Crippen molar-refractivity contribution in [3.8, 4) is 12.1 Å². The maximum absolute atomic E-state index is 12.8. The molecular weight excluding hydrogens is 388 g/mol. The summed E-state index contributed by atoms with van der Waals surface area (Å²) >= 11 is 0. The van der Waals surface area contributed by atoms with Gasteiger partial charge in [0, 0.05) is 44.3 Å². The third-order valence-corrected chi connectivity index (χ3v) is 7.22. The monoisotopic (exact) mass is 420 g/mol. The minimum atomic E-state index is -0.574. The van der Waals surface area contributed by atoms with Gasteiger partial charge >= 0.3 is 0 Å². The molecule has 0 radical (unpaired) electrons. The molecule has 1 aromatic rings. The fourth-order valence-electron chi connectivity index (χ4n) is 5.66. The van der Waals surface area contributed by atoms with Crippen LogP contribution in [0.25, 0.3) is 0 Å². The lowest BCUT2D eigenvalue weighted by atomic mass is 10.0. The number of nitriles is 2. The van der Waals surface area contributed by atoms with Gasteiger partial charge in [-0.1, -0.05) is 19.4 Å². The van der Waals surface area contributed by atoms with Gasteiger partial charge in [-0.05, 0) is 48.9 Å². The van der Waals surface area contributed by atoms with Crippen LogP contribution in [0.2, 0.25) is 0 Å². The van der Waals surface area contributed by atoms with E-state index < -0.39 is 6.04 Å². The van der Waals surface area contributed by atoms with Crippen LogP contribution in [-0.4, -0.2) is 71.5 Å². The Balaban J connectivity index is 1.35. The summed E-state index contributed by atoms with van der Waals surface area (Å²) in [6.45, 7) is 5.31. The number of nitrogens with zero attached hydrogens (tertiary/aromatic N) is 5. The van der Waals surface area contributed by atoms with Crippen molar-refractivity contribution < 1.29 is 4.79 Å². The molecule has 2 N–H and O–H groups in total. The Kier molecular flexibility index (Phi) is 6.57. The Morgan fingerprint density at radius 2 is 2.16 bits per heavy atom. The van der Waals surface area contributed by atoms with Crippen molar-refractivity contribution in [2.75, 3.05) is 32.7 Å². The molecule has 0 aromatic heterocycles. The third-order valence-electron chi connectivity index (χ3n) is 7.22. The molecule has 31 heavy (non-hydrogen) atoms. The quantitative estimate of drug-likeness (QED) is 0.644. The zero-order valence-corrected chi connectivity index (χ0v) is 18.3. The summed E-state index contributed by atoms with van der Waals surface area (Å²) in [6, 6.07) is 11.3. The van der Waals surface area contributed by atoms with Gasteiger partial charge in [0.1, 0.15) is 6.54 Å². The van der Waals surface area contributed by atoms with Crippen LogP contribution in [0.5, 0.6) is 0 Å². The van der Waals surface area contributed by atoms with Crippen LogP contribution in [0, 0.1) is 22.7 Å². The lowest BCUT2D eigenvalue weighted by Gasteiger charge is -2.39. The van der Waals surface area contributed by atoms with E-state index in [0.29, 0.717) is 31.2 Å². The van der Waals surface area contributed by atoms with E-state index in [2.05, 4.69) is 34.9 Å². The first-order chi connectivity index (χ1) is 15.0. The van der Waals surface area contributed by atoms with E-state index in [4.69, 9.17) is 16.3 Å². The summed E-state index contributed by atoms with van der Waals surface area (Å²) in [5, 5.41) is 18.2. The lowest BCUT2D eigenvalue weighted by Crippen LogP contribution is -2.54. The highest BCUT2D eigenvalue weighted by Crippen LogP contribution is 2.43. The molecule has 2 saturated heterocycles. The maximum Gasteiger partial charge on any atom is 0.241 e. The number of amides is 1. The lowest BCUT2D eigenvalue weighted by molar-refractivity contribution is -0.132. The number of benzene rings is 1. The smallest absolute Gasteiger partial charge is 0.241 e. The van der Waals surface area contributed by atoms with Crippen molar-refractivity contribution in [1.29, 1.82) is 10.5 Å². The van der Waals surface area contributed by atoms with Crippen LogP contribution in [0.4, 0.5) is 0 Å². The topological polar surface area (TPSA) is 100 Å². The van der Waals surface area contributed by atoms with E-state index in [1.807, 2.05) is 12.1 Å². The third kappa shape index (κ3) is 4.32. The molecule has 7 heteroatoms. The van der Waals surface area contributed by atoms with E-state index in [0.717, 1.165) is 50.8 Å². The van der Waals surface area contributed by atoms with Crippen molar-refractivity contribution in [1.82, 2.24) is 14.7 Å². The summed E-state index contributed by atoms with van der Waals surface area (Å²) in [4.78, 5) is 19.4. The Bertz CT molecular complexity index is 902. The van der Waals surface area contributed by atoms with Crippen molar-refractivity contribution in [3.05, 3.63) is 34.9 Å². The van der Waals surface area contributed by atoms with Crippen LogP contribution < -0.4 is 5.73 Å². The van der Waals surface area contributed by atoms with Gasteiger partial charge in [0.2, 0.25) is 5.91 Å². The second-order valence-corrected chi connectivity index (χ2v) is 9.15. The number of unbranched alkanes of at least 4 members (excludes halogenated alkanes) is 1. The molecule has 4 rings (SSSR count). The summed E-state index contributed by atoms with van der Waals surface area (Å²) in [6.07, 6.45) is 5.16. The predicted molar refractivity (Wildman–Crippen MR) is 118 cm³/mol. The fourth-order valence-corrected chi connectivity index (χ4v) is 5.66. The summed E-state index contributed by atoms with van der Waals surface area (Å²) < 4.78 is 0. The first-order valence-electron chi connectivity index (χ1n) is 11.5. The van der Waals surface area contributed by atoms with E-state index in [-0.39, 0.29) is 12.5 Å². The van der Waals surface area contributed by atoms with Gasteiger partial charge in [0.05, 0.1) is 23.7 Å². The van der Waals surface area contributed by atoms with Crippen LogP contribution in [0.3, 0.4) is 0 Å². The molecule has 7 nitrogen and oxygen atoms in total. The average molecular weight is 421 g/mol. The minimum Gasteiger partial charge on any atom is -0.328 e. The standard InChI is InChI=1S/C24H32N6O/c1-2-3-9-28(10-8-25)24(31)22(27)16-29-14-20-12-19(29)15-30(20)23-7-5-18-11-17(13-26)4-6-21(18)23/h4,6,11,19-20,22-23H,2-3,5,7,9-10,12,14-16,27H2,1H3/t19?,20-,22-,23+/m0/s1. The van der Waals surface area contributed by atoms with Crippen molar-refractivity contribution in [2.24, 2.45) is 5.73 Å². The van der Waals surface area contributed by atoms with Gasteiger partial charge in [-0.2, -0.15) is 10.5 Å². The van der Waals surface area contributed by atoms with Gasteiger partial charge in [0.25, 0.3) is 0 Å². The average Bonchev–Trinajstić information content (AvgIpc) is 3.49. The molecule has 0 spiro atoms. The van der Waals surface area contributed by atoms with Crippen molar-refractivity contribution in [2.45, 2.75) is 63.2 Å². The summed E-state index contributed by atoms with van der Waals surface area (Å²) in [5.41, 5.74) is 9.75. The van der Waals surface area contributed by atoms with Gasteiger partial charge in [0.15, 0.2) is 0 Å². The number of aryl methyl sites for hydroxylation is 1. The largest absolute Gasteiger partial charge is 0.328 e. The predicted octanol–water partition coefficient (Wildman–Crippen LogP) is 1.78. The molecule has 1 unspecified atom stereocenters. The van der Waals surface area contributed by atoms with Crippen LogP contribution in [0.1, 0.15) is 55.3 Å². The first kappa shape index (κ1) is 21.8. The Morgan fingerprint density at radius 3 is 2.84 bits per heavy atom. The highest BCUT2D eigenvalue weighted by atomic mass is 16.2. The van der Waals surface area contributed by atoms with E-state index in [9.17, 15) is 4.79 Å². The first-order valence-corrected chi connectivity index (χ1v) is 11.5. The van der Waals surface area contributed by atoms with Gasteiger partial charge < -0.3 is 10.6 Å². The molecule has 4 atom stereocenters. The van der Waals surface area contributed by atoms with Gasteiger partial charge in [-0.25, -0.2) is 0 Å². The number of carbonyl (C=O) groups excluding carboxylic acids is 1. The number of likely N-dealkylation sites (tertiary alicyclic amines) is 2. The molecule has 1 aliphatic carbocycles. The molecule has 2 heterocycles. The van der Waals surface area contributed by atoms with E-state index in [1.54, 1.807) is 4.90 Å². The number of nitrogens with two attached hydrogens (primary N) is 1.